The number of aryl methyl sites for hydroxylation is 2. The van der Waals surface area contributed by atoms with Crippen molar-refractivity contribution in [2.45, 2.75) is 44.2 Å². The maximum absolute atomic E-state index is 13.9. The molecule has 1 N–H and O–H groups in total. The van der Waals surface area contributed by atoms with E-state index in [1.165, 1.54) is 22.2 Å². The van der Waals surface area contributed by atoms with Crippen LogP contribution in [0.5, 0.6) is 0 Å². The summed E-state index contributed by atoms with van der Waals surface area (Å²) in [5, 5.41) is 11.9. The number of piperidine rings is 2. The van der Waals surface area contributed by atoms with Gasteiger partial charge in [-0.1, -0.05) is 30.3 Å². The molecule has 214 valence electrons. The van der Waals surface area contributed by atoms with E-state index in [1.54, 1.807) is 22.3 Å². The molecule has 0 radical (unpaired) electrons. The minimum absolute atomic E-state index is 0.0294. The van der Waals surface area contributed by atoms with Gasteiger partial charge in [0.25, 0.3) is 11.5 Å². The van der Waals surface area contributed by atoms with Crippen LogP contribution in [0.25, 0.3) is 11.0 Å². The minimum atomic E-state index is -1.11. The van der Waals surface area contributed by atoms with E-state index in [0.717, 1.165) is 11.3 Å². The maximum atomic E-state index is 13.9. The van der Waals surface area contributed by atoms with Crippen LogP contribution in [-0.4, -0.2) is 77.6 Å². The molecule has 5 heterocycles. The highest BCUT2D eigenvalue weighted by molar-refractivity contribution is 7.11. The number of benzene rings is 1. The van der Waals surface area contributed by atoms with Crippen LogP contribution in [0.2, 0.25) is 0 Å². The quantitative estimate of drug-likeness (QED) is 0.392. The second kappa shape index (κ2) is 10.9. The summed E-state index contributed by atoms with van der Waals surface area (Å²) in [5.41, 5.74) is 2.80. The van der Waals surface area contributed by atoms with Gasteiger partial charge in [0.15, 0.2) is 0 Å². The summed E-state index contributed by atoms with van der Waals surface area (Å²) >= 11 is 1.35. The molecule has 0 bridgehead atoms. The number of fused-ring (bicyclic) bond motifs is 1. The van der Waals surface area contributed by atoms with E-state index in [-0.39, 0.29) is 35.8 Å². The monoisotopic (exact) mass is 574 g/mol. The number of carbonyl (C=O) groups excluding carboxylic acids is 2. The summed E-state index contributed by atoms with van der Waals surface area (Å²) in [6, 6.07) is 11.7. The van der Waals surface area contributed by atoms with E-state index < -0.39 is 5.60 Å². The molecule has 0 aliphatic carbocycles. The highest BCUT2D eigenvalue weighted by atomic mass is 32.1. The predicted octanol–water partition coefficient (Wildman–Crippen LogP) is 2.80. The number of carbonyl (C=O) groups is 2. The maximum Gasteiger partial charge on any atom is 0.265 e. The Bertz CT molecular complexity index is 1640. The standard InChI is InChI=1S/C30H34N6O4S/c1-20-25(41-19-32-20)29(39)35-13-9-22(24(16-35)21-6-4-3-5-7-21)27(37)34-14-10-30(40,11-15-34)17-36-18-31-26-23(28(36)38)8-12-33(26)2/h3-8,12,18-19,22,24,40H,9-11,13-17H2,1-2H3/t22-,24+/m1/s1. The van der Waals surface area contributed by atoms with Crippen LogP contribution in [0.4, 0.5) is 0 Å². The van der Waals surface area contributed by atoms with Crippen molar-refractivity contribution < 1.29 is 14.7 Å². The summed E-state index contributed by atoms with van der Waals surface area (Å²) < 4.78 is 3.27. The smallest absolute Gasteiger partial charge is 0.265 e. The Morgan fingerprint density at radius 1 is 1.07 bits per heavy atom. The third-order valence-corrected chi connectivity index (χ3v) is 9.62. The van der Waals surface area contributed by atoms with Gasteiger partial charge in [-0.2, -0.15) is 0 Å². The number of hydrogen-bond acceptors (Lipinski definition) is 7. The first-order valence-corrected chi connectivity index (χ1v) is 14.9. The molecule has 6 rings (SSSR count). The Balaban J connectivity index is 1.15. The highest BCUT2D eigenvalue weighted by Gasteiger charge is 2.42. The van der Waals surface area contributed by atoms with E-state index >= 15 is 0 Å². The molecule has 10 nitrogen and oxygen atoms in total. The molecule has 4 aromatic rings. The summed E-state index contributed by atoms with van der Waals surface area (Å²) in [7, 11) is 1.84. The van der Waals surface area contributed by atoms with E-state index in [9.17, 15) is 19.5 Å². The summed E-state index contributed by atoms with van der Waals surface area (Å²) in [6.45, 7) is 3.77. The number of rotatable bonds is 5. The zero-order chi connectivity index (χ0) is 28.7. The average Bonchev–Trinajstić information content (AvgIpc) is 3.59. The van der Waals surface area contributed by atoms with Gasteiger partial charge in [0, 0.05) is 51.3 Å². The lowest BCUT2D eigenvalue weighted by Crippen LogP contribution is -2.53. The van der Waals surface area contributed by atoms with Gasteiger partial charge in [-0.25, -0.2) is 9.97 Å². The second-order valence-electron chi connectivity index (χ2n) is 11.3. The molecule has 41 heavy (non-hydrogen) atoms. The van der Waals surface area contributed by atoms with Gasteiger partial charge in [0.05, 0.1) is 28.7 Å². The van der Waals surface area contributed by atoms with E-state index in [4.69, 9.17) is 0 Å². The van der Waals surface area contributed by atoms with Crippen LogP contribution in [0.3, 0.4) is 0 Å². The molecule has 2 atom stereocenters. The molecule has 11 heteroatoms. The lowest BCUT2D eigenvalue weighted by Gasteiger charge is -2.43. The Morgan fingerprint density at radius 2 is 1.83 bits per heavy atom. The highest BCUT2D eigenvalue weighted by Crippen LogP contribution is 2.36. The van der Waals surface area contributed by atoms with Crippen molar-refractivity contribution in [1.82, 2.24) is 28.9 Å². The predicted molar refractivity (Wildman–Crippen MR) is 156 cm³/mol. The summed E-state index contributed by atoms with van der Waals surface area (Å²) in [5.74, 6) is -0.356. The normalized spacial score (nSPS) is 20.9. The fourth-order valence-electron chi connectivity index (χ4n) is 6.27. The summed E-state index contributed by atoms with van der Waals surface area (Å²) in [6.07, 6.45) is 4.60. The largest absolute Gasteiger partial charge is 0.388 e. The van der Waals surface area contributed by atoms with Crippen molar-refractivity contribution in [2.75, 3.05) is 26.2 Å². The van der Waals surface area contributed by atoms with E-state index in [2.05, 4.69) is 9.97 Å². The van der Waals surface area contributed by atoms with Crippen LogP contribution in [-0.2, 0) is 18.4 Å². The molecule has 1 aromatic carbocycles. The molecule has 2 fully saturated rings. The van der Waals surface area contributed by atoms with Crippen molar-refractivity contribution in [3.8, 4) is 0 Å². The molecule has 0 unspecified atom stereocenters. The van der Waals surface area contributed by atoms with Gasteiger partial charge in [-0.3, -0.25) is 19.0 Å². The molecule has 2 saturated heterocycles. The number of amides is 2. The fraction of sp³-hybridized carbons (Fsp3) is 0.433. The van der Waals surface area contributed by atoms with E-state index in [1.807, 2.05) is 54.1 Å². The van der Waals surface area contributed by atoms with Gasteiger partial charge < -0.3 is 19.5 Å². The number of aromatic nitrogens is 4. The van der Waals surface area contributed by atoms with Crippen molar-refractivity contribution in [3.05, 3.63) is 80.9 Å². The Kier molecular flexibility index (Phi) is 7.25. The molecular formula is C30H34N6O4S. The van der Waals surface area contributed by atoms with Gasteiger partial charge in [-0.15, -0.1) is 11.3 Å². The molecule has 2 aliphatic rings. The number of likely N-dealkylation sites (tertiary alicyclic amines) is 2. The zero-order valence-electron chi connectivity index (χ0n) is 23.3. The molecule has 2 aliphatic heterocycles. The van der Waals surface area contributed by atoms with Gasteiger partial charge in [0.1, 0.15) is 16.9 Å². The van der Waals surface area contributed by atoms with Crippen molar-refractivity contribution in [3.63, 3.8) is 0 Å². The van der Waals surface area contributed by atoms with Crippen LogP contribution >= 0.6 is 11.3 Å². The van der Waals surface area contributed by atoms with Gasteiger partial charge in [-0.05, 0) is 37.8 Å². The lowest BCUT2D eigenvalue weighted by molar-refractivity contribution is -0.142. The van der Waals surface area contributed by atoms with Crippen molar-refractivity contribution in [1.29, 1.82) is 0 Å². The van der Waals surface area contributed by atoms with Crippen molar-refractivity contribution >= 4 is 34.2 Å². The Labute approximate surface area is 241 Å². The topological polar surface area (TPSA) is 114 Å². The first-order valence-electron chi connectivity index (χ1n) is 14.0. The lowest BCUT2D eigenvalue weighted by atomic mass is 9.79. The molecule has 3 aromatic heterocycles. The van der Waals surface area contributed by atoms with Crippen LogP contribution < -0.4 is 5.56 Å². The second-order valence-corrected chi connectivity index (χ2v) is 12.2. The first-order chi connectivity index (χ1) is 19.7. The number of thiazole rings is 1. The number of nitrogens with zero attached hydrogens (tertiary/aromatic N) is 6. The fourth-order valence-corrected chi connectivity index (χ4v) is 7.04. The third kappa shape index (κ3) is 5.19. The Hall–Kier alpha value is -3.83. The van der Waals surface area contributed by atoms with Gasteiger partial charge in [0.2, 0.25) is 5.91 Å². The average molecular weight is 575 g/mol. The minimum Gasteiger partial charge on any atom is -0.388 e. The molecule has 2 amide bonds. The van der Waals surface area contributed by atoms with Crippen LogP contribution in [0, 0.1) is 12.8 Å². The molecule has 0 spiro atoms. The number of aliphatic hydroxyl groups is 1. The Morgan fingerprint density at radius 3 is 2.54 bits per heavy atom. The number of hydrogen-bond donors (Lipinski definition) is 1. The third-order valence-electron chi connectivity index (χ3n) is 8.71. The SMILES string of the molecule is Cc1ncsc1C(=O)N1CC[C@@H](C(=O)N2CCC(O)(Cn3cnc4c(ccn4C)c3=O)CC2)[C@H](c2ccccc2)C1. The first kappa shape index (κ1) is 27.3. The van der Waals surface area contributed by atoms with Gasteiger partial charge >= 0.3 is 0 Å². The van der Waals surface area contributed by atoms with E-state index in [0.29, 0.717) is 61.4 Å². The van der Waals surface area contributed by atoms with Crippen LogP contribution in [0.1, 0.15) is 46.1 Å². The molecule has 0 saturated carbocycles. The zero-order valence-corrected chi connectivity index (χ0v) is 24.1. The van der Waals surface area contributed by atoms with Crippen LogP contribution in [0.15, 0.2) is 59.2 Å². The summed E-state index contributed by atoms with van der Waals surface area (Å²) in [4.78, 5) is 53.2. The molecular weight excluding hydrogens is 540 g/mol. The van der Waals surface area contributed by atoms with Crippen molar-refractivity contribution in [2.24, 2.45) is 13.0 Å².